The van der Waals surface area contributed by atoms with E-state index in [-0.39, 0.29) is 17.7 Å². The Hall–Kier alpha value is -0.800. The lowest BCUT2D eigenvalue weighted by Gasteiger charge is -2.17. The van der Waals surface area contributed by atoms with Crippen molar-refractivity contribution in [2.24, 2.45) is 0 Å². The van der Waals surface area contributed by atoms with Gasteiger partial charge in [0.15, 0.2) is 11.6 Å². The molecule has 0 aromatic heterocycles. The largest absolute Gasteiger partial charge is 0.487 e. The molecule has 88 valence electrons. The second-order valence-electron chi connectivity index (χ2n) is 4.00. The topological polar surface area (TPSA) is 21.3 Å². The molecule has 2 nitrogen and oxygen atoms in total. The molecule has 0 saturated carbocycles. The van der Waals surface area contributed by atoms with E-state index in [1.807, 2.05) is 0 Å². The monoisotopic (exact) mass is 243 g/mol. The maximum Gasteiger partial charge on any atom is 0.165 e. The van der Waals surface area contributed by atoms with Crippen LogP contribution >= 0.6 is 11.6 Å². The zero-order valence-corrected chi connectivity index (χ0v) is 9.77. The van der Waals surface area contributed by atoms with Gasteiger partial charge in [0, 0.05) is 11.1 Å². The summed E-state index contributed by atoms with van der Waals surface area (Å²) in [6.45, 7) is 1.94. The van der Waals surface area contributed by atoms with Crippen molar-refractivity contribution in [1.82, 2.24) is 5.32 Å². The summed E-state index contributed by atoms with van der Waals surface area (Å²) in [6, 6.07) is 4.40. The highest BCUT2D eigenvalue weighted by atomic mass is 35.5. The van der Waals surface area contributed by atoms with Crippen LogP contribution in [0.15, 0.2) is 18.2 Å². The fourth-order valence-electron chi connectivity index (χ4n) is 1.85. The van der Waals surface area contributed by atoms with Gasteiger partial charge in [0.25, 0.3) is 0 Å². The van der Waals surface area contributed by atoms with Crippen molar-refractivity contribution in [2.75, 3.05) is 13.1 Å². The molecule has 1 saturated heterocycles. The van der Waals surface area contributed by atoms with Gasteiger partial charge in [0.1, 0.15) is 6.10 Å². The summed E-state index contributed by atoms with van der Waals surface area (Å²) in [5.74, 6) is -0.0824. The minimum absolute atomic E-state index is 0.0861. The molecule has 16 heavy (non-hydrogen) atoms. The van der Waals surface area contributed by atoms with Crippen LogP contribution in [0.5, 0.6) is 5.75 Å². The normalized spacial score (nSPS) is 21.5. The molecule has 1 unspecified atom stereocenters. The number of ether oxygens (including phenoxy) is 1. The van der Waals surface area contributed by atoms with Crippen molar-refractivity contribution in [2.45, 2.75) is 25.4 Å². The first kappa shape index (κ1) is 11.7. The number of hydrogen-bond acceptors (Lipinski definition) is 2. The minimum Gasteiger partial charge on any atom is -0.487 e. The molecule has 0 amide bonds. The first-order valence-electron chi connectivity index (χ1n) is 5.58. The highest BCUT2D eigenvalue weighted by Gasteiger charge is 2.15. The summed E-state index contributed by atoms with van der Waals surface area (Å²) < 4.78 is 19.1. The Morgan fingerprint density at radius 2 is 2.19 bits per heavy atom. The van der Waals surface area contributed by atoms with Gasteiger partial charge in [-0.2, -0.15) is 0 Å². The van der Waals surface area contributed by atoms with Gasteiger partial charge in [-0.1, -0.05) is 11.6 Å². The van der Waals surface area contributed by atoms with Gasteiger partial charge in [-0.3, -0.25) is 0 Å². The molecule has 1 heterocycles. The van der Waals surface area contributed by atoms with Crippen molar-refractivity contribution in [3.8, 4) is 5.75 Å². The summed E-state index contributed by atoms with van der Waals surface area (Å²) in [5, 5.41) is 3.79. The fourth-order valence-corrected chi connectivity index (χ4v) is 2.01. The van der Waals surface area contributed by atoms with Crippen LogP contribution in [0.3, 0.4) is 0 Å². The maximum atomic E-state index is 13.4. The molecular formula is C12H15ClFNO. The maximum absolute atomic E-state index is 13.4. The van der Waals surface area contributed by atoms with Crippen LogP contribution in [0.4, 0.5) is 4.39 Å². The van der Waals surface area contributed by atoms with E-state index in [0.29, 0.717) is 5.02 Å². The summed E-state index contributed by atoms with van der Waals surface area (Å²) in [7, 11) is 0. The lowest BCUT2D eigenvalue weighted by atomic mass is 10.1. The van der Waals surface area contributed by atoms with E-state index >= 15 is 0 Å². The number of hydrogen-bond donors (Lipinski definition) is 1. The zero-order valence-electron chi connectivity index (χ0n) is 9.01. The lowest BCUT2D eigenvalue weighted by molar-refractivity contribution is 0.179. The summed E-state index contributed by atoms with van der Waals surface area (Å²) in [5.41, 5.74) is 0. The van der Waals surface area contributed by atoms with Crippen LogP contribution in [0.2, 0.25) is 5.02 Å². The van der Waals surface area contributed by atoms with Crippen molar-refractivity contribution in [3.63, 3.8) is 0 Å². The van der Waals surface area contributed by atoms with Gasteiger partial charge in [-0.05, 0) is 44.5 Å². The quantitative estimate of drug-likeness (QED) is 0.862. The first-order valence-corrected chi connectivity index (χ1v) is 5.96. The molecule has 1 aromatic rings. The predicted octanol–water partition coefficient (Wildman–Crippen LogP) is 3.00. The Morgan fingerprint density at radius 3 is 3.06 bits per heavy atom. The Labute approximate surface area is 99.7 Å². The van der Waals surface area contributed by atoms with Crippen LogP contribution in [-0.4, -0.2) is 19.2 Å². The Balaban J connectivity index is 2.04. The average Bonchev–Trinajstić information content (AvgIpc) is 2.52. The molecule has 4 heteroatoms. The molecular weight excluding hydrogens is 229 g/mol. The van der Waals surface area contributed by atoms with Gasteiger partial charge in [0.05, 0.1) is 0 Å². The summed E-state index contributed by atoms with van der Waals surface area (Å²) in [6.07, 6.45) is 3.01. The Kier molecular flexibility index (Phi) is 4.02. The third kappa shape index (κ3) is 3.09. The van der Waals surface area contributed by atoms with E-state index in [9.17, 15) is 4.39 Å². The van der Waals surface area contributed by atoms with Crippen LogP contribution in [0, 0.1) is 5.82 Å². The molecule has 1 N–H and O–H groups in total. The van der Waals surface area contributed by atoms with E-state index in [2.05, 4.69) is 5.32 Å². The van der Waals surface area contributed by atoms with Crippen LogP contribution in [0.1, 0.15) is 19.3 Å². The number of nitrogens with one attached hydrogen (secondary N) is 1. The average molecular weight is 244 g/mol. The lowest BCUT2D eigenvalue weighted by Crippen LogP contribution is -2.19. The Morgan fingerprint density at radius 1 is 1.31 bits per heavy atom. The summed E-state index contributed by atoms with van der Waals surface area (Å²) in [4.78, 5) is 0. The molecule has 1 aliphatic heterocycles. The third-order valence-corrected chi connectivity index (χ3v) is 2.94. The molecule has 1 atom stereocenters. The molecule has 1 aliphatic rings. The predicted molar refractivity (Wildman–Crippen MR) is 62.5 cm³/mol. The van der Waals surface area contributed by atoms with Crippen molar-refractivity contribution in [1.29, 1.82) is 0 Å². The fraction of sp³-hybridized carbons (Fsp3) is 0.500. The van der Waals surface area contributed by atoms with E-state index < -0.39 is 0 Å². The van der Waals surface area contributed by atoms with Crippen molar-refractivity contribution in [3.05, 3.63) is 29.0 Å². The van der Waals surface area contributed by atoms with E-state index in [1.54, 1.807) is 0 Å². The zero-order chi connectivity index (χ0) is 11.4. The number of halogens is 2. The Bertz CT molecular complexity index is 351. The highest BCUT2D eigenvalue weighted by Crippen LogP contribution is 2.24. The molecule has 0 bridgehead atoms. The molecule has 0 spiro atoms. The van der Waals surface area contributed by atoms with E-state index in [0.717, 1.165) is 32.4 Å². The van der Waals surface area contributed by atoms with Crippen LogP contribution in [-0.2, 0) is 0 Å². The third-order valence-electron chi connectivity index (χ3n) is 2.71. The highest BCUT2D eigenvalue weighted by molar-refractivity contribution is 6.30. The molecule has 2 rings (SSSR count). The van der Waals surface area contributed by atoms with Gasteiger partial charge in [0.2, 0.25) is 0 Å². The van der Waals surface area contributed by atoms with Crippen LogP contribution < -0.4 is 10.1 Å². The van der Waals surface area contributed by atoms with Crippen molar-refractivity contribution >= 4 is 11.6 Å². The molecule has 0 radical (unpaired) electrons. The summed E-state index contributed by atoms with van der Waals surface area (Å²) >= 11 is 5.81. The van der Waals surface area contributed by atoms with Gasteiger partial charge in [-0.15, -0.1) is 0 Å². The first-order chi connectivity index (χ1) is 7.75. The smallest absolute Gasteiger partial charge is 0.165 e. The van der Waals surface area contributed by atoms with E-state index in [1.165, 1.54) is 18.2 Å². The van der Waals surface area contributed by atoms with Gasteiger partial charge >= 0.3 is 0 Å². The van der Waals surface area contributed by atoms with E-state index in [4.69, 9.17) is 16.3 Å². The SMILES string of the molecule is Fc1ccc(Cl)cc1OC1CCCNCC1. The van der Waals surface area contributed by atoms with Gasteiger partial charge < -0.3 is 10.1 Å². The molecule has 1 aromatic carbocycles. The van der Waals surface area contributed by atoms with Gasteiger partial charge in [-0.25, -0.2) is 4.39 Å². The number of rotatable bonds is 2. The van der Waals surface area contributed by atoms with Crippen molar-refractivity contribution < 1.29 is 9.13 Å². The second-order valence-corrected chi connectivity index (χ2v) is 4.43. The standard InChI is InChI=1S/C12H15ClFNO/c13-9-3-4-11(14)12(8-9)16-10-2-1-6-15-7-5-10/h3-4,8,10,15H,1-2,5-7H2. The minimum atomic E-state index is -0.346. The number of benzene rings is 1. The van der Waals surface area contributed by atoms with Crippen LogP contribution in [0.25, 0.3) is 0 Å². The second kappa shape index (κ2) is 5.51. The molecule has 0 aliphatic carbocycles. The molecule has 1 fully saturated rings.